The van der Waals surface area contributed by atoms with E-state index in [4.69, 9.17) is 5.11 Å². The molecule has 0 saturated heterocycles. The average Bonchev–Trinajstić information content (AvgIpc) is 2.13. The van der Waals surface area contributed by atoms with E-state index < -0.39 is 5.97 Å². The van der Waals surface area contributed by atoms with Crippen LogP contribution >= 0.6 is 0 Å². The van der Waals surface area contributed by atoms with Crippen molar-refractivity contribution in [2.24, 2.45) is 0 Å². The van der Waals surface area contributed by atoms with Gasteiger partial charge in [0.15, 0.2) is 0 Å². The maximum atomic E-state index is 11.0. The number of rotatable bonds is 7. The van der Waals surface area contributed by atoms with Gasteiger partial charge in [-0.2, -0.15) is 0 Å². The van der Waals surface area contributed by atoms with Gasteiger partial charge in [0.2, 0.25) is 0 Å². The van der Waals surface area contributed by atoms with Crippen LogP contribution in [0.4, 0.5) is 4.79 Å². The van der Waals surface area contributed by atoms with Crippen LogP contribution in [0.1, 0.15) is 32.6 Å². The van der Waals surface area contributed by atoms with Crippen LogP contribution in [-0.2, 0) is 4.79 Å². The Hall–Kier alpha value is -1.26. The third-order valence-electron chi connectivity index (χ3n) is 1.67. The smallest absolute Gasteiger partial charge is 0.314 e. The van der Waals surface area contributed by atoms with E-state index in [-0.39, 0.29) is 12.5 Å². The SMILES string of the molecule is CCCCNC(=O)NCCCC(=O)O. The molecule has 0 aliphatic carbocycles. The van der Waals surface area contributed by atoms with Crippen LogP contribution in [0.5, 0.6) is 0 Å². The number of urea groups is 1. The molecule has 14 heavy (non-hydrogen) atoms. The summed E-state index contributed by atoms with van der Waals surface area (Å²) >= 11 is 0. The summed E-state index contributed by atoms with van der Waals surface area (Å²) in [5.74, 6) is -0.835. The number of aliphatic carboxylic acids is 1. The van der Waals surface area contributed by atoms with Gasteiger partial charge >= 0.3 is 12.0 Å². The fourth-order valence-electron chi connectivity index (χ4n) is 0.883. The summed E-state index contributed by atoms with van der Waals surface area (Å²) in [5.41, 5.74) is 0. The van der Waals surface area contributed by atoms with Gasteiger partial charge in [0.05, 0.1) is 0 Å². The van der Waals surface area contributed by atoms with Gasteiger partial charge in [-0.25, -0.2) is 4.79 Å². The van der Waals surface area contributed by atoms with E-state index in [0.29, 0.717) is 19.5 Å². The lowest BCUT2D eigenvalue weighted by atomic mass is 10.3. The summed E-state index contributed by atoms with van der Waals surface area (Å²) in [6.45, 7) is 3.12. The van der Waals surface area contributed by atoms with Crippen molar-refractivity contribution in [1.82, 2.24) is 10.6 Å². The van der Waals surface area contributed by atoms with E-state index in [1.807, 2.05) is 6.92 Å². The summed E-state index contributed by atoms with van der Waals surface area (Å²) in [4.78, 5) is 21.1. The molecule has 0 unspecified atom stereocenters. The van der Waals surface area contributed by atoms with Crippen molar-refractivity contribution in [3.8, 4) is 0 Å². The van der Waals surface area contributed by atoms with Gasteiger partial charge in [-0.15, -0.1) is 0 Å². The molecule has 0 fully saturated rings. The Balaban J connectivity index is 3.22. The fourth-order valence-corrected chi connectivity index (χ4v) is 0.883. The summed E-state index contributed by atoms with van der Waals surface area (Å²) in [5, 5.41) is 13.6. The standard InChI is InChI=1S/C9H18N2O3/c1-2-3-6-10-9(14)11-7-4-5-8(12)13/h2-7H2,1H3,(H,12,13)(H2,10,11,14). The molecule has 0 heterocycles. The predicted molar refractivity (Wildman–Crippen MR) is 53.2 cm³/mol. The Labute approximate surface area is 83.9 Å². The van der Waals surface area contributed by atoms with Gasteiger partial charge in [-0.1, -0.05) is 13.3 Å². The summed E-state index contributed by atoms with van der Waals surface area (Å²) < 4.78 is 0. The van der Waals surface area contributed by atoms with Gasteiger partial charge in [0, 0.05) is 19.5 Å². The molecular formula is C9H18N2O3. The van der Waals surface area contributed by atoms with E-state index in [2.05, 4.69) is 10.6 Å². The van der Waals surface area contributed by atoms with Crippen LogP contribution in [0.3, 0.4) is 0 Å². The average molecular weight is 202 g/mol. The van der Waals surface area contributed by atoms with Gasteiger partial charge in [0.25, 0.3) is 0 Å². The summed E-state index contributed by atoms with van der Waals surface area (Å²) in [6, 6.07) is -0.219. The Morgan fingerprint density at radius 1 is 1.14 bits per heavy atom. The zero-order chi connectivity index (χ0) is 10.8. The minimum Gasteiger partial charge on any atom is -0.481 e. The highest BCUT2D eigenvalue weighted by Crippen LogP contribution is 1.86. The highest BCUT2D eigenvalue weighted by atomic mass is 16.4. The van der Waals surface area contributed by atoms with E-state index in [9.17, 15) is 9.59 Å². The van der Waals surface area contributed by atoms with Crippen LogP contribution in [0.15, 0.2) is 0 Å². The van der Waals surface area contributed by atoms with Gasteiger partial charge in [-0.3, -0.25) is 4.79 Å². The number of hydrogen-bond acceptors (Lipinski definition) is 2. The van der Waals surface area contributed by atoms with E-state index in [0.717, 1.165) is 12.8 Å². The monoisotopic (exact) mass is 202 g/mol. The molecule has 0 bridgehead atoms. The Kier molecular flexibility index (Phi) is 7.59. The third kappa shape index (κ3) is 8.83. The number of carboxylic acid groups (broad SMARTS) is 1. The maximum absolute atomic E-state index is 11.0. The predicted octanol–water partition coefficient (Wildman–Crippen LogP) is 0.951. The van der Waals surface area contributed by atoms with Crippen molar-refractivity contribution in [3.05, 3.63) is 0 Å². The number of amides is 2. The zero-order valence-electron chi connectivity index (χ0n) is 8.51. The van der Waals surface area contributed by atoms with Crippen molar-refractivity contribution < 1.29 is 14.7 Å². The zero-order valence-corrected chi connectivity index (χ0v) is 8.51. The lowest BCUT2D eigenvalue weighted by molar-refractivity contribution is -0.137. The molecular weight excluding hydrogens is 184 g/mol. The van der Waals surface area contributed by atoms with Crippen molar-refractivity contribution in [1.29, 1.82) is 0 Å². The Morgan fingerprint density at radius 3 is 2.21 bits per heavy atom. The first-order chi connectivity index (χ1) is 6.66. The normalized spacial score (nSPS) is 9.50. The summed E-state index contributed by atoms with van der Waals surface area (Å²) in [7, 11) is 0. The van der Waals surface area contributed by atoms with Crippen molar-refractivity contribution in [2.45, 2.75) is 32.6 Å². The Morgan fingerprint density at radius 2 is 1.71 bits per heavy atom. The maximum Gasteiger partial charge on any atom is 0.314 e. The van der Waals surface area contributed by atoms with Crippen molar-refractivity contribution >= 4 is 12.0 Å². The molecule has 0 atom stereocenters. The first-order valence-electron chi connectivity index (χ1n) is 4.90. The number of carboxylic acids is 1. The second kappa shape index (κ2) is 8.34. The first kappa shape index (κ1) is 12.7. The molecule has 0 aliphatic rings. The second-order valence-electron chi connectivity index (χ2n) is 3.03. The number of nitrogens with one attached hydrogen (secondary N) is 2. The van der Waals surface area contributed by atoms with Crippen LogP contribution in [0, 0.1) is 0 Å². The highest BCUT2D eigenvalue weighted by Gasteiger charge is 1.99. The molecule has 0 saturated carbocycles. The second-order valence-corrected chi connectivity index (χ2v) is 3.03. The third-order valence-corrected chi connectivity index (χ3v) is 1.67. The molecule has 0 aromatic carbocycles. The number of unbranched alkanes of at least 4 members (excludes halogenated alkanes) is 1. The van der Waals surface area contributed by atoms with Crippen LogP contribution in [0.25, 0.3) is 0 Å². The van der Waals surface area contributed by atoms with Gasteiger partial charge in [-0.05, 0) is 12.8 Å². The van der Waals surface area contributed by atoms with Crippen molar-refractivity contribution in [3.63, 3.8) is 0 Å². The molecule has 0 aromatic rings. The first-order valence-corrected chi connectivity index (χ1v) is 4.90. The lowest BCUT2D eigenvalue weighted by Crippen LogP contribution is -2.36. The Bertz CT molecular complexity index is 183. The van der Waals surface area contributed by atoms with E-state index in [1.54, 1.807) is 0 Å². The molecule has 2 amide bonds. The molecule has 0 rings (SSSR count). The van der Waals surface area contributed by atoms with E-state index in [1.165, 1.54) is 0 Å². The largest absolute Gasteiger partial charge is 0.481 e. The quantitative estimate of drug-likeness (QED) is 0.538. The fraction of sp³-hybridized carbons (Fsp3) is 0.778. The number of carbonyl (C=O) groups excluding carboxylic acids is 1. The molecule has 82 valence electrons. The molecule has 0 aromatic heterocycles. The van der Waals surface area contributed by atoms with Crippen LogP contribution in [-0.4, -0.2) is 30.2 Å². The minimum atomic E-state index is -0.835. The van der Waals surface area contributed by atoms with Crippen molar-refractivity contribution in [2.75, 3.05) is 13.1 Å². The molecule has 5 heteroatoms. The minimum absolute atomic E-state index is 0.0925. The molecule has 5 nitrogen and oxygen atoms in total. The molecule has 3 N–H and O–H groups in total. The summed E-state index contributed by atoms with van der Waals surface area (Å²) in [6.07, 6.45) is 2.56. The molecule has 0 radical (unpaired) electrons. The van der Waals surface area contributed by atoms with Gasteiger partial charge < -0.3 is 15.7 Å². The number of hydrogen-bond donors (Lipinski definition) is 3. The highest BCUT2D eigenvalue weighted by molar-refractivity contribution is 5.73. The molecule has 0 spiro atoms. The van der Waals surface area contributed by atoms with Gasteiger partial charge in [0.1, 0.15) is 0 Å². The molecule has 0 aliphatic heterocycles. The van der Waals surface area contributed by atoms with Crippen LogP contribution < -0.4 is 10.6 Å². The van der Waals surface area contributed by atoms with Crippen LogP contribution in [0.2, 0.25) is 0 Å². The number of carbonyl (C=O) groups is 2. The topological polar surface area (TPSA) is 78.4 Å². The lowest BCUT2D eigenvalue weighted by Gasteiger charge is -2.05. The van der Waals surface area contributed by atoms with E-state index >= 15 is 0 Å².